The fourth-order valence-corrected chi connectivity index (χ4v) is 3.74. The van der Waals surface area contributed by atoms with Crippen LogP contribution >= 0.6 is 0 Å². The lowest BCUT2D eigenvalue weighted by molar-refractivity contribution is -0.124. The van der Waals surface area contributed by atoms with Crippen molar-refractivity contribution < 1.29 is 17.6 Å². The Balaban J connectivity index is 2.50. The average Bonchev–Trinajstić information content (AvgIpc) is 2.47. The summed E-state index contributed by atoms with van der Waals surface area (Å²) in [5.41, 5.74) is 5.11. The van der Waals surface area contributed by atoms with Gasteiger partial charge < -0.3 is 5.73 Å². The molecule has 0 radical (unpaired) electrons. The van der Waals surface area contributed by atoms with Crippen LogP contribution in [0.1, 0.15) is 37.7 Å². The van der Waals surface area contributed by atoms with Gasteiger partial charge in [0.05, 0.1) is 5.41 Å². The largest absolute Gasteiger partial charge is 0.369 e. The molecular formula is C14H19FN2O3S. The van der Waals surface area contributed by atoms with E-state index in [4.69, 9.17) is 5.73 Å². The van der Waals surface area contributed by atoms with Crippen molar-refractivity contribution in [2.75, 3.05) is 7.05 Å². The fraction of sp³-hybridized carbons (Fsp3) is 0.500. The Morgan fingerprint density at radius 2 is 1.90 bits per heavy atom. The summed E-state index contributed by atoms with van der Waals surface area (Å²) in [7, 11) is -2.64. The number of nitrogens with one attached hydrogen (secondary N) is 1. The number of benzene rings is 1. The van der Waals surface area contributed by atoms with Crippen LogP contribution in [0.2, 0.25) is 0 Å². The maximum atomic E-state index is 14.1. The van der Waals surface area contributed by atoms with Crippen LogP contribution < -0.4 is 10.5 Å². The van der Waals surface area contributed by atoms with Crippen molar-refractivity contribution in [1.29, 1.82) is 0 Å². The van der Waals surface area contributed by atoms with Gasteiger partial charge in [0.2, 0.25) is 15.9 Å². The summed E-state index contributed by atoms with van der Waals surface area (Å²) in [6, 6.07) is 3.81. The molecule has 116 valence electrons. The molecule has 1 aliphatic rings. The first-order valence-electron chi connectivity index (χ1n) is 6.87. The molecule has 1 amide bonds. The summed E-state index contributed by atoms with van der Waals surface area (Å²) in [6.45, 7) is 0. The van der Waals surface area contributed by atoms with Crippen molar-refractivity contribution in [1.82, 2.24) is 4.72 Å². The van der Waals surface area contributed by atoms with Gasteiger partial charge in [0.25, 0.3) is 0 Å². The van der Waals surface area contributed by atoms with Gasteiger partial charge in [-0.15, -0.1) is 0 Å². The van der Waals surface area contributed by atoms with Gasteiger partial charge in [-0.3, -0.25) is 4.79 Å². The SMILES string of the molecule is CNS(=O)(=O)c1ccc(C2(C(N)=O)CCCCC2)cc1F. The molecule has 0 heterocycles. The van der Waals surface area contributed by atoms with Crippen molar-refractivity contribution in [3.63, 3.8) is 0 Å². The van der Waals surface area contributed by atoms with Crippen LogP contribution in [0.5, 0.6) is 0 Å². The van der Waals surface area contributed by atoms with Crippen LogP contribution in [0.3, 0.4) is 0 Å². The van der Waals surface area contributed by atoms with Crippen LogP contribution in [0, 0.1) is 5.82 Å². The van der Waals surface area contributed by atoms with Crippen molar-refractivity contribution in [3.8, 4) is 0 Å². The van der Waals surface area contributed by atoms with E-state index in [1.807, 2.05) is 0 Å². The molecule has 0 saturated heterocycles. The topological polar surface area (TPSA) is 89.3 Å². The van der Waals surface area contributed by atoms with Crippen molar-refractivity contribution >= 4 is 15.9 Å². The molecule has 1 saturated carbocycles. The molecule has 2 rings (SSSR count). The summed E-state index contributed by atoms with van der Waals surface area (Å²) in [4.78, 5) is 11.5. The van der Waals surface area contributed by atoms with E-state index >= 15 is 0 Å². The van der Waals surface area contributed by atoms with E-state index < -0.39 is 32.1 Å². The highest BCUT2D eigenvalue weighted by molar-refractivity contribution is 7.89. The third-order valence-electron chi connectivity index (χ3n) is 4.22. The third-order valence-corrected chi connectivity index (χ3v) is 5.67. The lowest BCUT2D eigenvalue weighted by Crippen LogP contribution is -2.43. The van der Waals surface area contributed by atoms with Gasteiger partial charge in [-0.25, -0.2) is 17.5 Å². The molecule has 0 atom stereocenters. The van der Waals surface area contributed by atoms with Crippen LogP contribution in [0.15, 0.2) is 23.1 Å². The molecule has 0 unspecified atom stereocenters. The summed E-state index contributed by atoms with van der Waals surface area (Å²) in [5, 5.41) is 0. The predicted molar refractivity (Wildman–Crippen MR) is 76.6 cm³/mol. The van der Waals surface area contributed by atoms with E-state index in [0.717, 1.165) is 25.3 Å². The Kier molecular flexibility index (Phi) is 4.34. The van der Waals surface area contributed by atoms with Crippen molar-refractivity contribution in [3.05, 3.63) is 29.6 Å². The minimum absolute atomic E-state index is 0.427. The van der Waals surface area contributed by atoms with Gasteiger partial charge in [0.15, 0.2) is 0 Å². The second-order valence-electron chi connectivity index (χ2n) is 5.36. The highest BCUT2D eigenvalue weighted by Gasteiger charge is 2.40. The molecule has 0 aromatic heterocycles. The number of rotatable bonds is 4. The van der Waals surface area contributed by atoms with Crippen LogP contribution in [0.25, 0.3) is 0 Å². The standard InChI is InChI=1S/C14H19FN2O3S/c1-17-21(19,20)12-6-5-10(9-11(12)15)14(13(16)18)7-3-2-4-8-14/h5-6,9,17H,2-4,7-8H2,1H3,(H2,16,18). The number of hydrogen-bond donors (Lipinski definition) is 2. The number of hydrogen-bond acceptors (Lipinski definition) is 3. The number of halogens is 1. The number of sulfonamides is 1. The Morgan fingerprint density at radius 1 is 1.29 bits per heavy atom. The molecule has 5 nitrogen and oxygen atoms in total. The molecule has 1 aromatic rings. The van der Waals surface area contributed by atoms with E-state index in [0.29, 0.717) is 18.4 Å². The first-order chi connectivity index (χ1) is 9.83. The second kappa shape index (κ2) is 5.73. The van der Waals surface area contributed by atoms with Gasteiger partial charge in [0, 0.05) is 0 Å². The van der Waals surface area contributed by atoms with Crippen LogP contribution in [-0.4, -0.2) is 21.4 Å². The molecule has 21 heavy (non-hydrogen) atoms. The van der Waals surface area contributed by atoms with Crippen LogP contribution in [-0.2, 0) is 20.2 Å². The highest BCUT2D eigenvalue weighted by atomic mass is 32.2. The van der Waals surface area contributed by atoms with E-state index in [9.17, 15) is 17.6 Å². The number of amides is 1. The average molecular weight is 314 g/mol. The van der Waals surface area contributed by atoms with Crippen molar-refractivity contribution in [2.45, 2.75) is 42.4 Å². The number of primary amides is 1. The van der Waals surface area contributed by atoms with Gasteiger partial charge in [0.1, 0.15) is 10.7 Å². The molecule has 1 fully saturated rings. The highest BCUT2D eigenvalue weighted by Crippen LogP contribution is 2.40. The summed E-state index contributed by atoms with van der Waals surface area (Å²) >= 11 is 0. The number of nitrogens with two attached hydrogens (primary N) is 1. The van der Waals surface area contributed by atoms with Gasteiger partial charge in [-0.1, -0.05) is 25.3 Å². The summed E-state index contributed by atoms with van der Waals surface area (Å²) in [5.74, 6) is -1.35. The molecule has 0 spiro atoms. The zero-order chi connectivity index (χ0) is 15.7. The summed E-state index contributed by atoms with van der Waals surface area (Å²) in [6.07, 6.45) is 3.85. The van der Waals surface area contributed by atoms with Gasteiger partial charge >= 0.3 is 0 Å². The first kappa shape index (κ1) is 15.9. The lowest BCUT2D eigenvalue weighted by atomic mass is 9.69. The Morgan fingerprint density at radius 3 is 2.38 bits per heavy atom. The van der Waals surface area contributed by atoms with E-state index in [2.05, 4.69) is 4.72 Å². The normalized spacial score (nSPS) is 18.4. The monoisotopic (exact) mass is 314 g/mol. The first-order valence-corrected chi connectivity index (χ1v) is 8.35. The molecule has 3 N–H and O–H groups in total. The Hall–Kier alpha value is -1.47. The second-order valence-corrected chi connectivity index (χ2v) is 7.21. The number of carbonyl (C=O) groups is 1. The maximum Gasteiger partial charge on any atom is 0.243 e. The minimum atomic E-state index is -3.86. The smallest absolute Gasteiger partial charge is 0.243 e. The number of carbonyl (C=O) groups excluding carboxylic acids is 1. The fourth-order valence-electron chi connectivity index (χ4n) is 2.96. The van der Waals surface area contributed by atoms with Crippen LogP contribution in [0.4, 0.5) is 4.39 Å². The quantitative estimate of drug-likeness (QED) is 0.881. The molecular weight excluding hydrogens is 295 g/mol. The van der Waals surface area contributed by atoms with E-state index in [-0.39, 0.29) is 0 Å². The zero-order valence-electron chi connectivity index (χ0n) is 11.9. The lowest BCUT2D eigenvalue weighted by Gasteiger charge is -2.34. The van der Waals surface area contributed by atoms with Crippen molar-refractivity contribution in [2.24, 2.45) is 5.73 Å². The molecule has 0 bridgehead atoms. The summed E-state index contributed by atoms with van der Waals surface area (Å²) < 4.78 is 39.6. The third kappa shape index (κ3) is 2.80. The molecule has 7 heteroatoms. The van der Waals surface area contributed by atoms with E-state index in [1.165, 1.54) is 19.2 Å². The predicted octanol–water partition coefficient (Wildman–Crippen LogP) is 1.42. The zero-order valence-corrected chi connectivity index (χ0v) is 12.7. The van der Waals surface area contributed by atoms with E-state index in [1.54, 1.807) is 0 Å². The molecule has 1 aromatic carbocycles. The Bertz CT molecular complexity index is 652. The molecule has 0 aliphatic heterocycles. The maximum absolute atomic E-state index is 14.1. The van der Waals surface area contributed by atoms with Gasteiger partial charge in [-0.05, 0) is 37.6 Å². The minimum Gasteiger partial charge on any atom is -0.369 e. The Labute approximate surface area is 123 Å². The van der Waals surface area contributed by atoms with Gasteiger partial charge in [-0.2, -0.15) is 0 Å². The molecule has 1 aliphatic carbocycles.